The molecule has 0 atom stereocenters. The van der Waals surface area contributed by atoms with Crippen LogP contribution in [0.3, 0.4) is 0 Å². The molecule has 58 valence electrons. The summed E-state index contributed by atoms with van der Waals surface area (Å²) in [6.45, 7) is 0.160. The fourth-order valence-electron chi connectivity index (χ4n) is 0.388. The van der Waals surface area contributed by atoms with Crippen LogP contribution in [0.5, 0.6) is 0 Å². The summed E-state index contributed by atoms with van der Waals surface area (Å²) >= 11 is 0. The maximum absolute atomic E-state index is 10.5. The van der Waals surface area contributed by atoms with E-state index in [9.17, 15) is 9.59 Å². The largest absolute Gasteiger partial charge is 0.369 e. The van der Waals surface area contributed by atoms with Crippen LogP contribution in [0.1, 0.15) is 0 Å². The number of amides is 2. The molecular weight excluding hydrogens is 134 g/mol. The second-order valence-electron chi connectivity index (χ2n) is 1.74. The number of rotatable bonds is 4. The number of carbonyl (C=O) groups is 2. The zero-order chi connectivity index (χ0) is 7.98. The minimum atomic E-state index is -0.469. The van der Waals surface area contributed by atoms with E-state index in [1.165, 1.54) is 7.05 Å². The minimum Gasteiger partial charge on any atom is -0.369 e. The fraction of sp³-hybridized carbons (Fsp3) is 0.600. The summed E-state index contributed by atoms with van der Waals surface area (Å²) < 4.78 is 0. The first-order valence-electron chi connectivity index (χ1n) is 2.86. The molecule has 0 aliphatic rings. The van der Waals surface area contributed by atoms with Gasteiger partial charge in [0, 0.05) is 7.05 Å². The highest BCUT2D eigenvalue weighted by atomic mass is 16.2. The van der Waals surface area contributed by atoms with Crippen LogP contribution in [0.25, 0.3) is 0 Å². The Labute approximate surface area is 59.0 Å². The lowest BCUT2D eigenvalue weighted by atomic mass is 10.5. The Morgan fingerprint density at radius 2 is 2.00 bits per heavy atom. The van der Waals surface area contributed by atoms with Crippen LogP contribution < -0.4 is 16.4 Å². The molecule has 4 N–H and O–H groups in total. The molecule has 0 radical (unpaired) electrons. The van der Waals surface area contributed by atoms with Gasteiger partial charge in [-0.2, -0.15) is 0 Å². The second kappa shape index (κ2) is 4.75. The second-order valence-corrected chi connectivity index (χ2v) is 1.74. The van der Waals surface area contributed by atoms with Crippen LogP contribution in [0.15, 0.2) is 0 Å². The van der Waals surface area contributed by atoms with Crippen molar-refractivity contribution in [3.05, 3.63) is 0 Å². The molecule has 2 amide bonds. The number of carbonyl (C=O) groups excluding carboxylic acids is 2. The normalized spacial score (nSPS) is 8.90. The third-order valence-electron chi connectivity index (χ3n) is 0.864. The van der Waals surface area contributed by atoms with E-state index in [2.05, 4.69) is 10.6 Å². The van der Waals surface area contributed by atoms with Crippen molar-refractivity contribution in [2.75, 3.05) is 20.1 Å². The minimum absolute atomic E-state index is 0.0351. The standard InChI is InChI=1S/C5H11N3O2/c1-7-5(10)3-8-2-4(6)9/h8H,2-3H2,1H3,(H2,6,9)(H,7,10). The Balaban J connectivity index is 3.20. The predicted octanol–water partition coefficient (Wildman–Crippen LogP) is -2.19. The van der Waals surface area contributed by atoms with E-state index in [0.29, 0.717) is 0 Å². The van der Waals surface area contributed by atoms with Gasteiger partial charge in [-0.25, -0.2) is 0 Å². The summed E-state index contributed by atoms with van der Waals surface area (Å²) in [6, 6.07) is 0. The Morgan fingerprint density at radius 3 is 2.40 bits per heavy atom. The quantitative estimate of drug-likeness (QED) is 0.420. The van der Waals surface area contributed by atoms with Crippen LogP contribution in [0, 0.1) is 0 Å². The van der Waals surface area contributed by atoms with Gasteiger partial charge in [-0.15, -0.1) is 0 Å². The molecule has 10 heavy (non-hydrogen) atoms. The smallest absolute Gasteiger partial charge is 0.233 e. The van der Waals surface area contributed by atoms with E-state index in [0.717, 1.165) is 0 Å². The lowest BCUT2D eigenvalue weighted by molar-refractivity contribution is -0.120. The molecule has 0 spiro atoms. The molecule has 5 heteroatoms. The molecule has 0 bridgehead atoms. The van der Waals surface area contributed by atoms with Crippen molar-refractivity contribution in [3.63, 3.8) is 0 Å². The first-order valence-corrected chi connectivity index (χ1v) is 2.86. The summed E-state index contributed by atoms with van der Waals surface area (Å²) in [6.07, 6.45) is 0. The van der Waals surface area contributed by atoms with Crippen LogP contribution in [-0.2, 0) is 9.59 Å². The lowest BCUT2D eigenvalue weighted by Crippen LogP contribution is -2.36. The van der Waals surface area contributed by atoms with Crippen LogP contribution in [0.4, 0.5) is 0 Å². The van der Waals surface area contributed by atoms with Crippen LogP contribution in [-0.4, -0.2) is 32.0 Å². The van der Waals surface area contributed by atoms with Gasteiger partial charge in [0.15, 0.2) is 0 Å². The molecule has 0 aliphatic heterocycles. The SMILES string of the molecule is CNC(=O)CNCC(N)=O. The van der Waals surface area contributed by atoms with E-state index >= 15 is 0 Å². The van der Waals surface area contributed by atoms with Gasteiger partial charge >= 0.3 is 0 Å². The van der Waals surface area contributed by atoms with Crippen molar-refractivity contribution < 1.29 is 9.59 Å². The van der Waals surface area contributed by atoms with Crippen molar-refractivity contribution in [1.29, 1.82) is 0 Å². The van der Waals surface area contributed by atoms with Crippen molar-refractivity contribution in [3.8, 4) is 0 Å². The van der Waals surface area contributed by atoms with Crippen molar-refractivity contribution in [2.45, 2.75) is 0 Å². The molecule has 0 fully saturated rings. The summed E-state index contributed by atoms with van der Waals surface area (Å²) in [5.74, 6) is -0.634. The lowest BCUT2D eigenvalue weighted by Gasteiger charge is -1.98. The summed E-state index contributed by atoms with van der Waals surface area (Å²) in [5, 5.41) is 4.93. The predicted molar refractivity (Wildman–Crippen MR) is 36.1 cm³/mol. The molecule has 0 aliphatic carbocycles. The highest BCUT2D eigenvalue weighted by molar-refractivity contribution is 5.79. The van der Waals surface area contributed by atoms with Gasteiger partial charge in [0.1, 0.15) is 0 Å². The van der Waals surface area contributed by atoms with Crippen LogP contribution in [0.2, 0.25) is 0 Å². The maximum atomic E-state index is 10.5. The number of nitrogens with one attached hydrogen (secondary N) is 2. The molecule has 0 unspecified atom stereocenters. The molecule has 0 saturated heterocycles. The highest BCUT2D eigenvalue weighted by Gasteiger charge is 1.96. The van der Waals surface area contributed by atoms with Crippen molar-refractivity contribution in [2.24, 2.45) is 5.73 Å². The zero-order valence-corrected chi connectivity index (χ0v) is 5.81. The van der Waals surface area contributed by atoms with E-state index in [1.54, 1.807) is 0 Å². The molecule has 0 saturated carbocycles. The van der Waals surface area contributed by atoms with Gasteiger partial charge in [-0.3, -0.25) is 14.9 Å². The Morgan fingerprint density at radius 1 is 1.40 bits per heavy atom. The van der Waals surface area contributed by atoms with E-state index in [4.69, 9.17) is 5.73 Å². The zero-order valence-electron chi connectivity index (χ0n) is 5.81. The highest BCUT2D eigenvalue weighted by Crippen LogP contribution is 1.59. The first-order chi connectivity index (χ1) is 4.66. The van der Waals surface area contributed by atoms with Gasteiger partial charge in [0.25, 0.3) is 0 Å². The van der Waals surface area contributed by atoms with Gasteiger partial charge in [0.2, 0.25) is 11.8 Å². The van der Waals surface area contributed by atoms with Gasteiger partial charge in [0.05, 0.1) is 13.1 Å². The Bertz CT molecular complexity index is 135. The van der Waals surface area contributed by atoms with E-state index in [1.807, 2.05) is 0 Å². The monoisotopic (exact) mass is 145 g/mol. The third-order valence-corrected chi connectivity index (χ3v) is 0.864. The van der Waals surface area contributed by atoms with Gasteiger partial charge in [-0.05, 0) is 0 Å². The Hall–Kier alpha value is -1.10. The molecule has 5 nitrogen and oxygen atoms in total. The van der Waals surface area contributed by atoms with E-state index < -0.39 is 5.91 Å². The number of hydrogen-bond acceptors (Lipinski definition) is 3. The average molecular weight is 145 g/mol. The molecule has 0 aromatic heterocycles. The fourth-order valence-corrected chi connectivity index (χ4v) is 0.388. The number of hydrogen-bond donors (Lipinski definition) is 3. The van der Waals surface area contributed by atoms with Gasteiger partial charge in [-0.1, -0.05) is 0 Å². The number of nitrogens with two attached hydrogens (primary N) is 1. The topological polar surface area (TPSA) is 84.2 Å². The molecule has 0 aromatic carbocycles. The number of likely N-dealkylation sites (N-methyl/N-ethyl adjacent to an activating group) is 1. The first kappa shape index (κ1) is 8.90. The molecule has 0 aromatic rings. The van der Waals surface area contributed by atoms with Crippen LogP contribution >= 0.6 is 0 Å². The van der Waals surface area contributed by atoms with Crippen molar-refractivity contribution >= 4 is 11.8 Å². The van der Waals surface area contributed by atoms with Crippen molar-refractivity contribution in [1.82, 2.24) is 10.6 Å². The Kier molecular flexibility index (Phi) is 4.23. The number of primary amides is 1. The molecule has 0 heterocycles. The third kappa shape index (κ3) is 5.04. The average Bonchev–Trinajstić information content (AvgIpc) is 1.87. The van der Waals surface area contributed by atoms with E-state index in [-0.39, 0.29) is 19.0 Å². The summed E-state index contributed by atoms with van der Waals surface area (Å²) in [5.41, 5.74) is 4.79. The summed E-state index contributed by atoms with van der Waals surface area (Å²) in [7, 11) is 1.52. The summed E-state index contributed by atoms with van der Waals surface area (Å²) in [4.78, 5) is 20.6. The maximum Gasteiger partial charge on any atom is 0.233 e. The molecular formula is C5H11N3O2. The van der Waals surface area contributed by atoms with Gasteiger partial charge < -0.3 is 11.1 Å². The molecule has 0 rings (SSSR count).